The van der Waals surface area contributed by atoms with E-state index >= 15 is 0 Å². The fourth-order valence-corrected chi connectivity index (χ4v) is 3.66. The highest BCUT2D eigenvalue weighted by Crippen LogP contribution is 2.41. The highest BCUT2D eigenvalue weighted by molar-refractivity contribution is 5.78. The summed E-state index contributed by atoms with van der Waals surface area (Å²) in [7, 11) is 0. The Kier molecular flexibility index (Phi) is 3.53. The van der Waals surface area contributed by atoms with Gasteiger partial charge in [-0.25, -0.2) is 0 Å². The number of hydrogen-bond donors (Lipinski definition) is 0. The van der Waals surface area contributed by atoms with E-state index < -0.39 is 0 Å². The van der Waals surface area contributed by atoms with Crippen molar-refractivity contribution in [3.63, 3.8) is 0 Å². The summed E-state index contributed by atoms with van der Waals surface area (Å²) in [5.41, 5.74) is 7.86. The first-order valence-electron chi connectivity index (χ1n) is 8.88. The Bertz CT molecular complexity index is 1160. The van der Waals surface area contributed by atoms with Gasteiger partial charge in [0.15, 0.2) is 0 Å². The number of pyridine rings is 1. The summed E-state index contributed by atoms with van der Waals surface area (Å²) in [5.74, 6) is 1.28. The molecule has 0 spiro atoms. The molecule has 27 heavy (non-hydrogen) atoms. The van der Waals surface area contributed by atoms with Crippen LogP contribution < -0.4 is 0 Å². The number of nitrogens with zero attached hydrogens (tertiary/aromatic N) is 3. The molecule has 1 aliphatic carbocycles. The molecular formula is C22H17N3O2. The van der Waals surface area contributed by atoms with Crippen molar-refractivity contribution in [1.82, 2.24) is 15.3 Å². The molecular weight excluding hydrogens is 338 g/mol. The highest BCUT2D eigenvalue weighted by atomic mass is 16.5. The van der Waals surface area contributed by atoms with Crippen LogP contribution in [0.2, 0.25) is 0 Å². The SMILES string of the molecule is C=Cc1ccc2c(c1)CCc1c-2noc1-c1onc(-c2ccccn2)c1C. The summed E-state index contributed by atoms with van der Waals surface area (Å²) in [6.45, 7) is 5.82. The Morgan fingerprint density at radius 1 is 1.00 bits per heavy atom. The van der Waals surface area contributed by atoms with Crippen molar-refractivity contribution in [3.8, 4) is 34.2 Å². The minimum absolute atomic E-state index is 0.621. The van der Waals surface area contributed by atoms with Crippen LogP contribution in [0.1, 0.15) is 22.3 Å². The predicted molar refractivity (Wildman–Crippen MR) is 103 cm³/mol. The zero-order valence-corrected chi connectivity index (χ0v) is 14.9. The number of aromatic nitrogens is 3. The molecule has 5 nitrogen and oxygen atoms in total. The fourth-order valence-electron chi connectivity index (χ4n) is 3.66. The Hall–Kier alpha value is -3.47. The smallest absolute Gasteiger partial charge is 0.209 e. The van der Waals surface area contributed by atoms with E-state index in [0.29, 0.717) is 11.5 Å². The summed E-state index contributed by atoms with van der Waals surface area (Å²) in [4.78, 5) is 4.36. The summed E-state index contributed by atoms with van der Waals surface area (Å²) < 4.78 is 11.4. The van der Waals surface area contributed by atoms with Crippen LogP contribution in [0.25, 0.3) is 40.2 Å². The van der Waals surface area contributed by atoms with Crippen molar-refractivity contribution >= 4 is 6.08 Å². The predicted octanol–water partition coefficient (Wildman–Crippen LogP) is 5.11. The largest absolute Gasteiger partial charge is 0.352 e. The fraction of sp³-hybridized carbons (Fsp3) is 0.136. The third kappa shape index (κ3) is 2.43. The average Bonchev–Trinajstić information content (AvgIpc) is 3.31. The Balaban J connectivity index is 1.61. The maximum absolute atomic E-state index is 5.72. The van der Waals surface area contributed by atoms with Crippen LogP contribution in [0.4, 0.5) is 0 Å². The zero-order valence-electron chi connectivity index (χ0n) is 14.9. The lowest BCUT2D eigenvalue weighted by Crippen LogP contribution is -2.03. The van der Waals surface area contributed by atoms with Crippen molar-refractivity contribution in [2.75, 3.05) is 0 Å². The van der Waals surface area contributed by atoms with Crippen molar-refractivity contribution < 1.29 is 9.05 Å². The molecule has 0 atom stereocenters. The van der Waals surface area contributed by atoms with Crippen molar-refractivity contribution in [3.05, 3.63) is 71.4 Å². The molecule has 5 heteroatoms. The molecule has 132 valence electrons. The van der Waals surface area contributed by atoms with Gasteiger partial charge >= 0.3 is 0 Å². The third-order valence-corrected chi connectivity index (χ3v) is 5.09. The molecule has 1 aliphatic rings. The minimum Gasteiger partial charge on any atom is -0.352 e. The van der Waals surface area contributed by atoms with E-state index in [1.54, 1.807) is 6.20 Å². The number of fused-ring (bicyclic) bond motifs is 3. The van der Waals surface area contributed by atoms with Gasteiger partial charge in [-0.05, 0) is 43.0 Å². The van der Waals surface area contributed by atoms with Crippen LogP contribution in [-0.4, -0.2) is 15.3 Å². The molecule has 0 amide bonds. The zero-order chi connectivity index (χ0) is 18.4. The van der Waals surface area contributed by atoms with Gasteiger partial charge in [-0.3, -0.25) is 4.98 Å². The highest BCUT2D eigenvalue weighted by Gasteiger charge is 2.29. The third-order valence-electron chi connectivity index (χ3n) is 5.09. The first-order valence-corrected chi connectivity index (χ1v) is 8.88. The molecule has 0 N–H and O–H groups in total. The van der Waals surface area contributed by atoms with Gasteiger partial charge < -0.3 is 9.05 Å². The van der Waals surface area contributed by atoms with E-state index in [4.69, 9.17) is 9.05 Å². The number of rotatable bonds is 3. The van der Waals surface area contributed by atoms with Crippen LogP contribution >= 0.6 is 0 Å². The Labute approximate surface area is 156 Å². The second-order valence-corrected chi connectivity index (χ2v) is 6.66. The second-order valence-electron chi connectivity index (χ2n) is 6.66. The van der Waals surface area contributed by atoms with Crippen molar-refractivity contribution in [2.45, 2.75) is 19.8 Å². The van der Waals surface area contributed by atoms with E-state index in [9.17, 15) is 0 Å². The average molecular weight is 355 g/mol. The molecule has 1 aromatic carbocycles. The second kappa shape index (κ2) is 6.06. The van der Waals surface area contributed by atoms with Gasteiger partial charge in [-0.15, -0.1) is 0 Å². The van der Waals surface area contributed by atoms with Gasteiger partial charge in [0.1, 0.15) is 11.4 Å². The standard InChI is InChI=1S/C22H17N3O2/c1-3-14-7-9-16-15(12-14)8-10-17-20(16)25-27-22(17)21-13(2)19(24-26-21)18-6-4-5-11-23-18/h3-7,9,11-12H,1,8,10H2,2H3. The normalized spacial score (nSPS) is 12.5. The molecule has 0 aliphatic heterocycles. The molecule has 0 unspecified atom stereocenters. The molecule has 0 fully saturated rings. The quantitative estimate of drug-likeness (QED) is 0.511. The van der Waals surface area contributed by atoms with Crippen LogP contribution in [0.5, 0.6) is 0 Å². The summed E-state index contributed by atoms with van der Waals surface area (Å²) in [6.07, 6.45) is 5.38. The van der Waals surface area contributed by atoms with Crippen molar-refractivity contribution in [1.29, 1.82) is 0 Å². The Morgan fingerprint density at radius 2 is 1.85 bits per heavy atom. The van der Waals surface area contributed by atoms with Gasteiger partial charge in [0, 0.05) is 22.9 Å². The van der Waals surface area contributed by atoms with Gasteiger partial charge in [0.25, 0.3) is 0 Å². The van der Waals surface area contributed by atoms with E-state index in [2.05, 4.69) is 34.0 Å². The summed E-state index contributed by atoms with van der Waals surface area (Å²) in [6, 6.07) is 12.0. The molecule has 3 heterocycles. The van der Waals surface area contributed by atoms with E-state index in [0.717, 1.165) is 52.2 Å². The summed E-state index contributed by atoms with van der Waals surface area (Å²) >= 11 is 0. The van der Waals surface area contributed by atoms with E-state index in [1.807, 2.05) is 37.3 Å². The maximum Gasteiger partial charge on any atom is 0.209 e. The number of hydrogen-bond acceptors (Lipinski definition) is 5. The molecule has 0 bridgehead atoms. The molecule has 3 aromatic heterocycles. The molecule has 4 aromatic rings. The van der Waals surface area contributed by atoms with E-state index in [-0.39, 0.29) is 0 Å². The Morgan fingerprint density at radius 3 is 2.67 bits per heavy atom. The van der Waals surface area contributed by atoms with Crippen LogP contribution in [0, 0.1) is 6.92 Å². The maximum atomic E-state index is 5.72. The molecule has 0 radical (unpaired) electrons. The number of benzene rings is 1. The van der Waals surface area contributed by atoms with Crippen LogP contribution in [0.15, 0.2) is 58.2 Å². The first-order chi connectivity index (χ1) is 13.3. The molecule has 5 rings (SSSR count). The van der Waals surface area contributed by atoms with Gasteiger partial charge in [-0.1, -0.05) is 47.2 Å². The lowest BCUT2D eigenvalue weighted by Gasteiger charge is -2.15. The van der Waals surface area contributed by atoms with Crippen molar-refractivity contribution in [2.24, 2.45) is 0 Å². The summed E-state index contributed by atoms with van der Waals surface area (Å²) in [5, 5.41) is 8.57. The van der Waals surface area contributed by atoms with Gasteiger partial charge in [-0.2, -0.15) is 0 Å². The monoisotopic (exact) mass is 355 g/mol. The lowest BCUT2D eigenvalue weighted by atomic mass is 9.87. The van der Waals surface area contributed by atoms with Gasteiger partial charge in [0.05, 0.1) is 5.69 Å². The number of aryl methyl sites for hydroxylation is 1. The molecule has 0 saturated heterocycles. The topological polar surface area (TPSA) is 65.0 Å². The van der Waals surface area contributed by atoms with Gasteiger partial charge in [0.2, 0.25) is 11.5 Å². The lowest BCUT2D eigenvalue weighted by molar-refractivity contribution is 0.388. The molecule has 0 saturated carbocycles. The van der Waals surface area contributed by atoms with Crippen LogP contribution in [0.3, 0.4) is 0 Å². The minimum atomic E-state index is 0.621. The van der Waals surface area contributed by atoms with Crippen LogP contribution in [-0.2, 0) is 12.8 Å². The first kappa shape index (κ1) is 15.8. The van der Waals surface area contributed by atoms with E-state index in [1.165, 1.54) is 5.56 Å².